The van der Waals surface area contributed by atoms with Crippen LogP contribution in [0.3, 0.4) is 0 Å². The predicted octanol–water partition coefficient (Wildman–Crippen LogP) is 4.29. The van der Waals surface area contributed by atoms with Crippen molar-refractivity contribution >= 4 is 33.3 Å². The predicted molar refractivity (Wildman–Crippen MR) is 125 cm³/mol. The Labute approximate surface area is 203 Å². The highest BCUT2D eigenvalue weighted by Crippen LogP contribution is 2.44. The van der Waals surface area contributed by atoms with E-state index < -0.39 is 23.2 Å². The molecule has 0 bridgehead atoms. The Morgan fingerprint density at radius 3 is 2.49 bits per heavy atom. The molecule has 1 spiro atoms. The van der Waals surface area contributed by atoms with Crippen LogP contribution in [0.4, 0.5) is 28.9 Å². The number of ether oxygens (including phenoxy) is 1. The highest BCUT2D eigenvalue weighted by molar-refractivity contribution is 7.20. The van der Waals surface area contributed by atoms with Gasteiger partial charge in [0.15, 0.2) is 0 Å². The number of aromatic nitrogens is 4. The van der Waals surface area contributed by atoms with E-state index in [0.29, 0.717) is 23.7 Å². The highest BCUT2D eigenvalue weighted by atomic mass is 32.1. The molecule has 0 aliphatic carbocycles. The van der Waals surface area contributed by atoms with Crippen molar-refractivity contribution in [3.8, 4) is 11.3 Å². The number of piperidine rings is 1. The number of fused-ring (bicyclic) bond motifs is 1. The normalized spacial score (nSPS) is 18.2. The van der Waals surface area contributed by atoms with E-state index in [2.05, 4.69) is 20.0 Å². The summed E-state index contributed by atoms with van der Waals surface area (Å²) in [4.78, 5) is 25.0. The first-order valence-corrected chi connectivity index (χ1v) is 12.1. The fourth-order valence-corrected chi connectivity index (χ4v) is 5.39. The summed E-state index contributed by atoms with van der Waals surface area (Å²) < 4.78 is 46.6. The van der Waals surface area contributed by atoms with Crippen molar-refractivity contribution in [2.75, 3.05) is 36.8 Å². The summed E-state index contributed by atoms with van der Waals surface area (Å²) in [6.45, 7) is 8.61. The monoisotopic (exact) mass is 509 g/mol. The van der Waals surface area contributed by atoms with Crippen molar-refractivity contribution in [3.05, 3.63) is 24.0 Å². The summed E-state index contributed by atoms with van der Waals surface area (Å²) in [5.41, 5.74) is 4.63. The zero-order chi connectivity index (χ0) is 25.2. The lowest BCUT2D eigenvalue weighted by atomic mass is 9.72. The van der Waals surface area contributed by atoms with E-state index in [1.807, 2.05) is 20.8 Å². The number of nitrogens with two attached hydrogens (primary N) is 1. The van der Waals surface area contributed by atoms with Gasteiger partial charge >= 0.3 is 12.3 Å². The quantitative estimate of drug-likeness (QED) is 0.550. The van der Waals surface area contributed by atoms with Crippen LogP contribution in [0, 0.1) is 5.41 Å². The standard InChI is InChI=1S/C22H26F3N7O2S/c1-20(2,3)34-19(33)30-6-4-21(5-7-30)11-31(12-21)18-29-32-10-15(28-17(32)35-18)13-8-14(22(23,24)25)16(26)27-9-13/h8-10H,4-7,11-12H2,1-3H3,(H2,26,27). The number of halogens is 3. The van der Waals surface area contributed by atoms with Crippen LogP contribution in [0.5, 0.6) is 0 Å². The lowest BCUT2D eigenvalue weighted by Gasteiger charge is -2.53. The summed E-state index contributed by atoms with van der Waals surface area (Å²) in [5, 5.41) is 5.39. The largest absolute Gasteiger partial charge is 0.444 e. The van der Waals surface area contributed by atoms with Gasteiger partial charge in [0.2, 0.25) is 10.1 Å². The van der Waals surface area contributed by atoms with E-state index in [4.69, 9.17) is 10.5 Å². The van der Waals surface area contributed by atoms with Crippen molar-refractivity contribution in [3.63, 3.8) is 0 Å². The van der Waals surface area contributed by atoms with Crippen LogP contribution in [0.15, 0.2) is 18.5 Å². The van der Waals surface area contributed by atoms with Crippen molar-refractivity contribution in [2.45, 2.75) is 45.4 Å². The zero-order valence-corrected chi connectivity index (χ0v) is 20.4. The number of imidazole rings is 1. The maximum Gasteiger partial charge on any atom is 0.419 e. The Bertz CT molecular complexity index is 1230. The number of amides is 1. The minimum atomic E-state index is -4.59. The van der Waals surface area contributed by atoms with Gasteiger partial charge in [-0.25, -0.2) is 19.3 Å². The molecule has 188 valence electrons. The molecule has 2 saturated heterocycles. The molecule has 5 heterocycles. The Morgan fingerprint density at radius 1 is 1.20 bits per heavy atom. The molecule has 0 radical (unpaired) electrons. The molecule has 3 aromatic heterocycles. The minimum absolute atomic E-state index is 0.154. The van der Waals surface area contributed by atoms with Gasteiger partial charge in [-0.1, -0.05) is 11.3 Å². The number of anilines is 2. The summed E-state index contributed by atoms with van der Waals surface area (Å²) in [6.07, 6.45) is -0.175. The lowest BCUT2D eigenvalue weighted by Crippen LogP contribution is -2.61. The number of hydrogen-bond donors (Lipinski definition) is 1. The number of alkyl halides is 3. The number of hydrogen-bond acceptors (Lipinski definition) is 8. The van der Waals surface area contributed by atoms with Crippen molar-refractivity contribution in [1.29, 1.82) is 0 Å². The van der Waals surface area contributed by atoms with Gasteiger partial charge < -0.3 is 20.3 Å². The topological polar surface area (TPSA) is 102 Å². The molecular weight excluding hydrogens is 483 g/mol. The summed E-state index contributed by atoms with van der Waals surface area (Å²) in [6, 6.07) is 0.957. The maximum absolute atomic E-state index is 13.2. The fraction of sp³-hybridized carbons (Fsp3) is 0.545. The molecule has 2 N–H and O–H groups in total. The van der Waals surface area contributed by atoms with Gasteiger partial charge in [0.1, 0.15) is 11.4 Å². The number of nitrogen functional groups attached to an aromatic ring is 1. The average molecular weight is 510 g/mol. The number of likely N-dealkylation sites (tertiary alicyclic amines) is 1. The van der Waals surface area contributed by atoms with Gasteiger partial charge in [0.05, 0.1) is 17.5 Å². The third kappa shape index (κ3) is 4.60. The molecule has 3 aromatic rings. The van der Waals surface area contributed by atoms with Gasteiger partial charge in [0.25, 0.3) is 0 Å². The second-order valence-corrected chi connectivity index (χ2v) is 11.2. The smallest absolute Gasteiger partial charge is 0.419 e. The minimum Gasteiger partial charge on any atom is -0.444 e. The van der Waals surface area contributed by atoms with Crippen molar-refractivity contribution in [1.82, 2.24) is 24.5 Å². The first kappa shape index (κ1) is 23.6. The summed E-state index contributed by atoms with van der Waals surface area (Å²) in [7, 11) is 0. The van der Waals surface area contributed by atoms with Crippen LogP contribution in [-0.4, -0.2) is 62.4 Å². The number of rotatable bonds is 2. The Balaban J connectivity index is 1.23. The number of carbonyl (C=O) groups excluding carboxylic acids is 1. The second-order valence-electron chi connectivity index (χ2n) is 10.2. The lowest BCUT2D eigenvalue weighted by molar-refractivity contribution is -0.137. The van der Waals surface area contributed by atoms with Gasteiger partial charge in [-0.15, -0.1) is 5.10 Å². The maximum atomic E-state index is 13.2. The summed E-state index contributed by atoms with van der Waals surface area (Å²) >= 11 is 1.38. The van der Waals surface area contributed by atoms with Gasteiger partial charge in [-0.3, -0.25) is 0 Å². The van der Waals surface area contributed by atoms with Gasteiger partial charge in [-0.05, 0) is 39.7 Å². The van der Waals surface area contributed by atoms with Gasteiger partial charge in [-0.2, -0.15) is 13.2 Å². The SMILES string of the molecule is CC(C)(C)OC(=O)N1CCC2(CC1)CN(c1nn3cc(-c4cnc(N)c(C(F)(F)F)c4)nc3s1)C2. The molecule has 5 rings (SSSR count). The Morgan fingerprint density at radius 2 is 1.89 bits per heavy atom. The van der Waals surface area contributed by atoms with E-state index in [0.717, 1.165) is 37.1 Å². The fourth-order valence-electron chi connectivity index (χ4n) is 4.50. The van der Waals surface area contributed by atoms with Crippen molar-refractivity contribution in [2.24, 2.45) is 5.41 Å². The van der Waals surface area contributed by atoms with Crippen LogP contribution in [0.25, 0.3) is 16.2 Å². The second kappa shape index (κ2) is 7.97. The van der Waals surface area contributed by atoms with E-state index in [1.165, 1.54) is 17.5 Å². The molecule has 1 amide bonds. The van der Waals surface area contributed by atoms with E-state index in [9.17, 15) is 18.0 Å². The average Bonchev–Trinajstić information content (AvgIpc) is 3.29. The van der Waals surface area contributed by atoms with Crippen LogP contribution < -0.4 is 10.6 Å². The number of carbonyl (C=O) groups is 1. The van der Waals surface area contributed by atoms with E-state index in [1.54, 1.807) is 15.6 Å². The first-order valence-electron chi connectivity index (χ1n) is 11.2. The molecule has 13 heteroatoms. The third-order valence-corrected chi connectivity index (χ3v) is 7.33. The molecule has 2 aliphatic heterocycles. The molecule has 9 nitrogen and oxygen atoms in total. The van der Waals surface area contributed by atoms with Crippen LogP contribution in [0.2, 0.25) is 0 Å². The molecule has 2 fully saturated rings. The van der Waals surface area contributed by atoms with Crippen molar-refractivity contribution < 1.29 is 22.7 Å². The van der Waals surface area contributed by atoms with E-state index in [-0.39, 0.29) is 17.1 Å². The molecule has 0 unspecified atom stereocenters. The Hall–Kier alpha value is -3.09. The molecular formula is C22H26F3N7O2S. The molecule has 0 saturated carbocycles. The molecule has 2 aliphatic rings. The third-order valence-electron chi connectivity index (χ3n) is 6.35. The first-order chi connectivity index (χ1) is 16.3. The zero-order valence-electron chi connectivity index (χ0n) is 19.6. The highest BCUT2D eigenvalue weighted by Gasteiger charge is 2.47. The van der Waals surface area contributed by atoms with Crippen LogP contribution in [0.1, 0.15) is 39.2 Å². The van der Waals surface area contributed by atoms with Gasteiger partial charge in [0, 0.05) is 43.4 Å². The summed E-state index contributed by atoms with van der Waals surface area (Å²) in [5.74, 6) is -0.564. The molecule has 0 aromatic carbocycles. The number of pyridine rings is 1. The Kier molecular flexibility index (Phi) is 5.38. The van der Waals surface area contributed by atoms with Crippen LogP contribution >= 0.6 is 11.3 Å². The molecule has 0 atom stereocenters. The number of nitrogens with zero attached hydrogens (tertiary/aromatic N) is 6. The van der Waals surface area contributed by atoms with Crippen LogP contribution in [-0.2, 0) is 10.9 Å². The van der Waals surface area contributed by atoms with E-state index >= 15 is 0 Å². The molecule has 35 heavy (non-hydrogen) atoms.